The first-order chi connectivity index (χ1) is 11.9. The number of hydrogen-bond donors (Lipinski definition) is 1. The summed E-state index contributed by atoms with van der Waals surface area (Å²) >= 11 is 0. The van der Waals surface area contributed by atoms with Crippen LogP contribution in [0.3, 0.4) is 0 Å². The molecule has 26 heavy (non-hydrogen) atoms. The third-order valence-corrected chi connectivity index (χ3v) is 3.99. The van der Waals surface area contributed by atoms with Crippen LogP contribution in [0.15, 0.2) is 0 Å². The van der Waals surface area contributed by atoms with Gasteiger partial charge in [0.1, 0.15) is 0 Å². The quantitative estimate of drug-likeness (QED) is 0.285. The summed E-state index contributed by atoms with van der Waals surface area (Å²) in [5.41, 5.74) is 4.82. The maximum absolute atomic E-state index is 11.8. The Balaban J connectivity index is 3.13. The SMILES string of the molecule is CC(=O)O[C@@H]1[C@@H](OC(C)=O)[C@H](OS(=O)(=O)CC(N)=O)OC[C@H]1OC(C)=O. The van der Waals surface area contributed by atoms with Crippen LogP contribution >= 0.6 is 0 Å². The number of nitrogens with two attached hydrogens (primary N) is 1. The largest absolute Gasteiger partial charge is 0.456 e. The van der Waals surface area contributed by atoms with Crippen LogP contribution in [0.5, 0.6) is 0 Å². The van der Waals surface area contributed by atoms with E-state index in [0.717, 1.165) is 20.8 Å². The highest BCUT2D eigenvalue weighted by Crippen LogP contribution is 2.26. The molecule has 1 saturated heterocycles. The molecule has 0 aromatic carbocycles. The summed E-state index contributed by atoms with van der Waals surface area (Å²) in [6.45, 7) is 2.72. The van der Waals surface area contributed by atoms with Gasteiger partial charge in [-0.2, -0.15) is 8.42 Å². The molecule has 0 bridgehead atoms. The van der Waals surface area contributed by atoms with Gasteiger partial charge in [-0.15, -0.1) is 0 Å². The van der Waals surface area contributed by atoms with E-state index in [0.29, 0.717) is 0 Å². The molecule has 0 aromatic heterocycles. The Labute approximate surface area is 149 Å². The van der Waals surface area contributed by atoms with Crippen molar-refractivity contribution in [1.29, 1.82) is 0 Å². The number of rotatable bonds is 7. The van der Waals surface area contributed by atoms with E-state index in [9.17, 15) is 27.6 Å². The summed E-state index contributed by atoms with van der Waals surface area (Å²) in [4.78, 5) is 44.7. The molecule has 13 heteroatoms. The molecule has 0 aliphatic carbocycles. The summed E-state index contributed by atoms with van der Waals surface area (Å²) < 4.78 is 48.3. The van der Waals surface area contributed by atoms with Crippen molar-refractivity contribution in [3.63, 3.8) is 0 Å². The molecule has 1 heterocycles. The number of esters is 3. The molecule has 0 aromatic rings. The fraction of sp³-hybridized carbons (Fsp3) is 0.692. The number of primary amides is 1. The van der Waals surface area contributed by atoms with Gasteiger partial charge in [-0.25, -0.2) is 4.18 Å². The third-order valence-electron chi connectivity index (χ3n) is 2.87. The second-order valence-electron chi connectivity index (χ2n) is 5.26. The molecular weight excluding hydrogens is 378 g/mol. The average Bonchev–Trinajstić information content (AvgIpc) is 2.42. The van der Waals surface area contributed by atoms with Crippen molar-refractivity contribution in [3.8, 4) is 0 Å². The first-order valence-electron chi connectivity index (χ1n) is 7.24. The second-order valence-corrected chi connectivity index (χ2v) is 6.86. The summed E-state index contributed by atoms with van der Waals surface area (Å²) in [5.74, 6) is -4.76. The van der Waals surface area contributed by atoms with Gasteiger partial charge in [0.05, 0.1) is 6.61 Å². The monoisotopic (exact) mass is 397 g/mol. The Morgan fingerprint density at radius 1 is 0.962 bits per heavy atom. The van der Waals surface area contributed by atoms with Crippen LogP contribution in [0, 0.1) is 0 Å². The Morgan fingerprint density at radius 3 is 1.92 bits per heavy atom. The summed E-state index contributed by atoms with van der Waals surface area (Å²) in [6.07, 6.45) is -5.92. The van der Waals surface area contributed by atoms with Gasteiger partial charge in [0.25, 0.3) is 10.1 Å². The lowest BCUT2D eigenvalue weighted by molar-refractivity contribution is -0.259. The van der Waals surface area contributed by atoms with Gasteiger partial charge >= 0.3 is 17.9 Å². The third kappa shape index (κ3) is 6.93. The van der Waals surface area contributed by atoms with Gasteiger partial charge in [0, 0.05) is 20.8 Å². The molecule has 0 radical (unpaired) electrons. The summed E-state index contributed by atoms with van der Waals surface area (Å²) in [5, 5.41) is 0. The predicted molar refractivity (Wildman–Crippen MR) is 80.5 cm³/mol. The maximum atomic E-state index is 11.8. The van der Waals surface area contributed by atoms with Crippen molar-refractivity contribution in [2.75, 3.05) is 12.4 Å². The Kier molecular flexibility index (Phi) is 7.47. The van der Waals surface area contributed by atoms with Crippen molar-refractivity contribution < 1.29 is 50.7 Å². The van der Waals surface area contributed by atoms with Crippen LogP contribution < -0.4 is 5.73 Å². The fourth-order valence-electron chi connectivity index (χ4n) is 2.14. The molecule has 0 saturated carbocycles. The van der Waals surface area contributed by atoms with Gasteiger partial charge < -0.3 is 24.7 Å². The minimum atomic E-state index is -4.48. The normalized spacial score (nSPS) is 25.8. The smallest absolute Gasteiger partial charge is 0.303 e. The van der Waals surface area contributed by atoms with E-state index in [2.05, 4.69) is 0 Å². The lowest BCUT2D eigenvalue weighted by Gasteiger charge is -2.39. The van der Waals surface area contributed by atoms with Crippen LogP contribution in [0.1, 0.15) is 20.8 Å². The van der Waals surface area contributed by atoms with Crippen LogP contribution in [0.25, 0.3) is 0 Å². The molecule has 148 valence electrons. The molecule has 2 N–H and O–H groups in total. The van der Waals surface area contributed by atoms with Crippen LogP contribution in [-0.2, 0) is 52.4 Å². The van der Waals surface area contributed by atoms with E-state index >= 15 is 0 Å². The van der Waals surface area contributed by atoms with Crippen molar-refractivity contribution in [3.05, 3.63) is 0 Å². The average molecular weight is 397 g/mol. The minimum absolute atomic E-state index is 0.425. The van der Waals surface area contributed by atoms with E-state index in [1.807, 2.05) is 0 Å². The second kappa shape index (κ2) is 8.91. The molecule has 1 aliphatic rings. The lowest BCUT2D eigenvalue weighted by Crippen LogP contribution is -2.58. The molecule has 0 unspecified atom stereocenters. The molecule has 1 fully saturated rings. The molecule has 1 amide bonds. The zero-order chi connectivity index (χ0) is 20.1. The van der Waals surface area contributed by atoms with Gasteiger partial charge in [-0.1, -0.05) is 0 Å². The number of carbonyl (C=O) groups is 4. The van der Waals surface area contributed by atoms with Gasteiger partial charge in [-0.3, -0.25) is 19.2 Å². The number of hydrogen-bond acceptors (Lipinski definition) is 11. The summed E-state index contributed by atoms with van der Waals surface area (Å²) in [6, 6.07) is 0. The first kappa shape index (κ1) is 21.8. The summed E-state index contributed by atoms with van der Waals surface area (Å²) in [7, 11) is -4.48. The van der Waals surface area contributed by atoms with E-state index in [1.165, 1.54) is 0 Å². The standard InChI is InChI=1S/C13H19NO11S/c1-6(15)22-9-4-21-13(25-26(19,20)5-10(14)18)12(24-8(3)17)11(9)23-7(2)16/h9,11-13H,4-5H2,1-3H3,(H2,14,18)/t9-,11+,12-,13+/m1/s1. The molecule has 12 nitrogen and oxygen atoms in total. The minimum Gasteiger partial charge on any atom is -0.456 e. The predicted octanol–water partition coefficient (Wildman–Crippen LogP) is -2.03. The first-order valence-corrected chi connectivity index (χ1v) is 8.81. The van der Waals surface area contributed by atoms with Crippen molar-refractivity contribution in [2.45, 2.75) is 45.4 Å². The Morgan fingerprint density at radius 2 is 1.46 bits per heavy atom. The van der Waals surface area contributed by atoms with E-state index in [4.69, 9.17) is 28.9 Å². The van der Waals surface area contributed by atoms with Crippen molar-refractivity contribution in [1.82, 2.24) is 0 Å². The van der Waals surface area contributed by atoms with Gasteiger partial charge in [0.15, 0.2) is 24.1 Å². The lowest BCUT2D eigenvalue weighted by atomic mass is 10.0. The number of carbonyl (C=O) groups excluding carboxylic acids is 4. The highest BCUT2D eigenvalue weighted by molar-refractivity contribution is 7.87. The number of amides is 1. The highest BCUT2D eigenvalue weighted by atomic mass is 32.2. The van der Waals surface area contributed by atoms with Gasteiger partial charge in [-0.05, 0) is 0 Å². The number of ether oxygens (including phenoxy) is 4. The molecule has 1 aliphatic heterocycles. The zero-order valence-corrected chi connectivity index (χ0v) is 15.0. The highest BCUT2D eigenvalue weighted by Gasteiger charge is 2.49. The van der Waals surface area contributed by atoms with Crippen LogP contribution in [0.4, 0.5) is 0 Å². The topological polar surface area (TPSA) is 175 Å². The molecular formula is C13H19NO11S. The molecule has 1 rings (SSSR count). The van der Waals surface area contributed by atoms with Crippen molar-refractivity contribution in [2.24, 2.45) is 5.73 Å². The maximum Gasteiger partial charge on any atom is 0.303 e. The van der Waals surface area contributed by atoms with Crippen LogP contribution in [0.2, 0.25) is 0 Å². The van der Waals surface area contributed by atoms with E-state index in [1.54, 1.807) is 0 Å². The Hall–Kier alpha value is -2.25. The van der Waals surface area contributed by atoms with Crippen molar-refractivity contribution >= 4 is 33.9 Å². The zero-order valence-electron chi connectivity index (χ0n) is 14.2. The van der Waals surface area contributed by atoms with Gasteiger partial charge in [0.2, 0.25) is 12.2 Å². The molecule has 0 spiro atoms. The van der Waals surface area contributed by atoms with E-state index < -0.39 is 70.9 Å². The van der Waals surface area contributed by atoms with Crippen LogP contribution in [-0.4, -0.2) is 69.2 Å². The molecule has 4 atom stereocenters. The van der Waals surface area contributed by atoms with E-state index in [-0.39, 0.29) is 0 Å². The fourth-order valence-corrected chi connectivity index (χ4v) is 3.01. The Bertz CT molecular complexity index is 674.